The Balaban J connectivity index is 1.43. The summed E-state index contributed by atoms with van der Waals surface area (Å²) >= 11 is 0. The lowest BCUT2D eigenvalue weighted by molar-refractivity contribution is -0.146. The Hall–Kier alpha value is -4.17. The number of halogens is 6. The molecule has 1 amide bonds. The molecule has 0 spiro atoms. The molecule has 1 aliphatic carbocycles. The molecule has 3 atom stereocenters. The summed E-state index contributed by atoms with van der Waals surface area (Å²) in [6.07, 6.45) is 1.54. The van der Waals surface area contributed by atoms with Gasteiger partial charge in [-0.3, -0.25) is 14.7 Å². The van der Waals surface area contributed by atoms with Crippen LogP contribution in [0.4, 0.5) is 32.3 Å². The third-order valence-electron chi connectivity index (χ3n) is 10.2. The molecule has 9 nitrogen and oxygen atoms in total. The Labute approximate surface area is 293 Å². The maximum Gasteiger partial charge on any atom is 0.416 e. The van der Waals surface area contributed by atoms with Gasteiger partial charge in [0, 0.05) is 66.7 Å². The summed E-state index contributed by atoms with van der Waals surface area (Å²) in [5.74, 6) is -0.0333. The fourth-order valence-corrected chi connectivity index (χ4v) is 7.57. The van der Waals surface area contributed by atoms with E-state index in [4.69, 9.17) is 4.74 Å². The minimum atomic E-state index is -4.99. The number of piperidine rings is 1. The van der Waals surface area contributed by atoms with E-state index in [0.717, 1.165) is 25.0 Å². The van der Waals surface area contributed by atoms with Crippen molar-refractivity contribution in [3.05, 3.63) is 59.7 Å². The van der Waals surface area contributed by atoms with Crippen molar-refractivity contribution in [2.45, 2.75) is 116 Å². The zero-order valence-electron chi connectivity index (χ0n) is 28.9. The fourth-order valence-electron chi connectivity index (χ4n) is 7.57. The average Bonchev–Trinajstić information content (AvgIpc) is 3.65. The van der Waals surface area contributed by atoms with E-state index in [1.165, 1.54) is 0 Å². The molecule has 3 aromatic rings. The lowest BCUT2D eigenvalue weighted by Gasteiger charge is -2.49. The molecule has 1 aromatic carbocycles. The number of nitrogens with one attached hydrogen (secondary N) is 1. The molecule has 2 aromatic heterocycles. The summed E-state index contributed by atoms with van der Waals surface area (Å²) in [5.41, 5.74) is -1.63. The maximum atomic E-state index is 14.1. The number of likely N-dealkylation sites (tertiary alicyclic amines) is 1. The minimum Gasteiger partial charge on any atom is -0.466 e. The standard InChI is InChI=1S/C36H44F6N6O3/c1-4-29-15-31(16-30(5-2)48(29)33(50)24-9-7-22(8-10-24)13-32(49)51-6-3)47(34-43-17-25(18-44-34)26-19-45-46-20-26)21-23-11-27(35(37,38)39)14-28(12-23)36(40,41)42/h11-12,14,17-20,22,24,29-31H,4-10,13,15-16,21H2,1-3H3,(H,45,46)/t22?,24?,29-,30+,31-. The smallest absolute Gasteiger partial charge is 0.416 e. The van der Waals surface area contributed by atoms with Gasteiger partial charge in [0.25, 0.3) is 0 Å². The van der Waals surface area contributed by atoms with E-state index in [1.807, 2.05) is 18.7 Å². The van der Waals surface area contributed by atoms with Gasteiger partial charge in [-0.15, -0.1) is 0 Å². The van der Waals surface area contributed by atoms with Crippen molar-refractivity contribution < 1.29 is 40.7 Å². The Kier molecular flexibility index (Phi) is 12.0. The van der Waals surface area contributed by atoms with Gasteiger partial charge < -0.3 is 14.5 Å². The molecule has 1 saturated carbocycles. The molecule has 0 radical (unpaired) electrons. The number of carbonyl (C=O) groups excluding carboxylic acids is 2. The first-order valence-corrected chi connectivity index (χ1v) is 17.6. The van der Waals surface area contributed by atoms with Crippen molar-refractivity contribution in [2.75, 3.05) is 11.5 Å². The van der Waals surface area contributed by atoms with Gasteiger partial charge in [0.1, 0.15) is 0 Å². The van der Waals surface area contributed by atoms with E-state index in [1.54, 1.807) is 36.6 Å². The Bertz CT molecular complexity index is 1560. The molecule has 5 rings (SSSR count). The number of H-pyrrole nitrogens is 1. The number of aromatic nitrogens is 4. The van der Waals surface area contributed by atoms with Crippen molar-refractivity contribution >= 4 is 17.8 Å². The molecule has 0 unspecified atom stereocenters. The summed E-state index contributed by atoms with van der Waals surface area (Å²) in [6, 6.07) is 0.768. The average molecular weight is 723 g/mol. The van der Waals surface area contributed by atoms with Crippen LogP contribution >= 0.6 is 0 Å². The monoisotopic (exact) mass is 722 g/mol. The highest BCUT2D eigenvalue weighted by molar-refractivity contribution is 5.80. The van der Waals surface area contributed by atoms with Crippen molar-refractivity contribution in [3.63, 3.8) is 0 Å². The maximum absolute atomic E-state index is 14.1. The van der Waals surface area contributed by atoms with E-state index < -0.39 is 29.5 Å². The van der Waals surface area contributed by atoms with Crippen LogP contribution < -0.4 is 4.90 Å². The number of rotatable bonds is 11. The van der Waals surface area contributed by atoms with E-state index in [2.05, 4.69) is 20.2 Å². The number of alkyl halides is 6. The lowest BCUT2D eigenvalue weighted by atomic mass is 9.78. The molecule has 1 aliphatic heterocycles. The Morgan fingerprint density at radius 2 is 1.45 bits per heavy atom. The number of hydrogen-bond donors (Lipinski definition) is 1. The molecular formula is C36H44F6N6O3. The number of anilines is 1. The molecule has 278 valence electrons. The molecule has 2 aliphatic rings. The predicted molar refractivity (Wildman–Crippen MR) is 177 cm³/mol. The van der Waals surface area contributed by atoms with Crippen molar-refractivity contribution in [2.24, 2.45) is 11.8 Å². The number of nitrogens with zero attached hydrogens (tertiary/aromatic N) is 5. The van der Waals surface area contributed by atoms with Crippen LogP contribution in [0.1, 0.15) is 95.2 Å². The number of amides is 1. The van der Waals surface area contributed by atoms with Gasteiger partial charge in [-0.05, 0) is 88.0 Å². The Morgan fingerprint density at radius 3 is 1.94 bits per heavy atom. The normalized spacial score (nSPS) is 22.8. The number of hydrogen-bond acceptors (Lipinski definition) is 7. The van der Waals surface area contributed by atoms with Gasteiger partial charge in [-0.1, -0.05) is 13.8 Å². The first-order chi connectivity index (χ1) is 24.2. The van der Waals surface area contributed by atoms with Crippen molar-refractivity contribution in [1.29, 1.82) is 0 Å². The van der Waals surface area contributed by atoms with Gasteiger partial charge in [0.05, 0.1) is 23.9 Å². The first-order valence-electron chi connectivity index (χ1n) is 17.6. The first kappa shape index (κ1) is 38.1. The molecule has 0 bridgehead atoms. The largest absolute Gasteiger partial charge is 0.466 e. The quantitative estimate of drug-likeness (QED) is 0.157. The summed E-state index contributed by atoms with van der Waals surface area (Å²) < 4.78 is 88.1. The minimum absolute atomic E-state index is 0.0571. The highest BCUT2D eigenvalue weighted by Crippen LogP contribution is 2.40. The van der Waals surface area contributed by atoms with Gasteiger partial charge in [0.15, 0.2) is 0 Å². The van der Waals surface area contributed by atoms with Crippen LogP contribution in [0.25, 0.3) is 11.1 Å². The van der Waals surface area contributed by atoms with Crippen LogP contribution in [0.3, 0.4) is 0 Å². The number of carbonyl (C=O) groups is 2. The SMILES string of the molecule is CCOC(=O)CC1CCC(C(=O)N2[C@H](CC)C[C@@H](N(Cc3cc(C(F)(F)F)cc(C(F)(F)F)c3)c3ncc(-c4cn[nH]c4)cn3)C[C@@H]2CC)CC1. The van der Waals surface area contributed by atoms with Gasteiger partial charge in [-0.2, -0.15) is 31.4 Å². The third kappa shape index (κ3) is 9.20. The number of esters is 1. The summed E-state index contributed by atoms with van der Waals surface area (Å²) in [6.45, 7) is 5.73. The van der Waals surface area contributed by atoms with E-state index >= 15 is 0 Å². The third-order valence-corrected chi connectivity index (χ3v) is 10.2. The zero-order valence-corrected chi connectivity index (χ0v) is 28.9. The molecule has 1 saturated heterocycles. The van der Waals surface area contributed by atoms with Crippen molar-refractivity contribution in [1.82, 2.24) is 25.1 Å². The van der Waals surface area contributed by atoms with Crippen LogP contribution in [0, 0.1) is 11.8 Å². The fraction of sp³-hybridized carbons (Fsp3) is 0.583. The summed E-state index contributed by atoms with van der Waals surface area (Å²) in [4.78, 5) is 38.9. The molecule has 3 heterocycles. The molecular weight excluding hydrogens is 678 g/mol. The van der Waals surface area contributed by atoms with E-state index in [-0.39, 0.29) is 59.9 Å². The van der Waals surface area contributed by atoms with Crippen LogP contribution in [0.2, 0.25) is 0 Å². The second-order valence-corrected chi connectivity index (χ2v) is 13.5. The van der Waals surface area contributed by atoms with E-state index in [9.17, 15) is 35.9 Å². The van der Waals surface area contributed by atoms with Gasteiger partial charge in [-0.25, -0.2) is 9.97 Å². The molecule has 51 heavy (non-hydrogen) atoms. The number of aromatic amines is 1. The topological polar surface area (TPSA) is 104 Å². The lowest BCUT2D eigenvalue weighted by Crippen LogP contribution is -2.58. The van der Waals surface area contributed by atoms with Gasteiger partial charge >= 0.3 is 18.3 Å². The number of ether oxygens (including phenoxy) is 1. The number of benzene rings is 1. The zero-order chi connectivity index (χ0) is 36.9. The second-order valence-electron chi connectivity index (χ2n) is 13.5. The van der Waals surface area contributed by atoms with Gasteiger partial charge in [0.2, 0.25) is 11.9 Å². The van der Waals surface area contributed by atoms with E-state index in [0.29, 0.717) is 62.7 Å². The van der Waals surface area contributed by atoms with Crippen LogP contribution in [-0.4, -0.2) is 61.7 Å². The molecule has 15 heteroatoms. The van der Waals surface area contributed by atoms with Crippen molar-refractivity contribution in [3.8, 4) is 11.1 Å². The summed E-state index contributed by atoms with van der Waals surface area (Å²) in [5, 5.41) is 6.64. The summed E-state index contributed by atoms with van der Waals surface area (Å²) in [7, 11) is 0. The predicted octanol–water partition coefficient (Wildman–Crippen LogP) is 8.22. The molecule has 1 N–H and O–H groups in total. The highest BCUT2D eigenvalue weighted by Gasteiger charge is 2.43. The molecule has 2 fully saturated rings. The van der Waals surface area contributed by atoms with Crippen LogP contribution in [-0.2, 0) is 33.2 Å². The second kappa shape index (κ2) is 16.0. The highest BCUT2D eigenvalue weighted by atomic mass is 19.4. The Morgan fingerprint density at radius 1 is 0.863 bits per heavy atom. The van der Waals surface area contributed by atoms with Crippen LogP contribution in [0.5, 0.6) is 0 Å². The van der Waals surface area contributed by atoms with Crippen LogP contribution in [0.15, 0.2) is 43.0 Å².